The standard InChI is InChI=1S/C7H10BF2N2.C7H12F.K/c1-3-12-5-6(4-11-12)7(9,10)8-2;8-6-7-4-2-1-3-5-7;/h4-5H,3H2,1-2H3;6-7H,1-5H2;/q;-1;+1. The van der Waals surface area contributed by atoms with Crippen LogP contribution in [0, 0.1) is 12.6 Å². The van der Waals surface area contributed by atoms with Gasteiger partial charge in [0.05, 0.1) is 6.20 Å². The summed E-state index contributed by atoms with van der Waals surface area (Å²) in [5.41, 5.74) is -0.0492. The van der Waals surface area contributed by atoms with Gasteiger partial charge in [0, 0.05) is 18.3 Å². The Morgan fingerprint density at radius 3 is 2.38 bits per heavy atom. The van der Waals surface area contributed by atoms with Crippen LogP contribution in [0.4, 0.5) is 13.2 Å². The summed E-state index contributed by atoms with van der Waals surface area (Å²) >= 11 is 0. The van der Waals surface area contributed by atoms with Crippen molar-refractivity contribution < 1.29 is 64.6 Å². The van der Waals surface area contributed by atoms with Crippen molar-refractivity contribution in [3.8, 4) is 0 Å². The van der Waals surface area contributed by atoms with Gasteiger partial charge < -0.3 is 4.39 Å². The molecule has 21 heavy (non-hydrogen) atoms. The maximum atomic E-state index is 12.9. The van der Waals surface area contributed by atoms with E-state index in [1.165, 1.54) is 43.2 Å². The minimum Gasteiger partial charge on any atom is -0.459 e. The molecule has 1 aliphatic rings. The van der Waals surface area contributed by atoms with E-state index in [9.17, 15) is 13.2 Å². The first kappa shape index (κ1) is 21.7. The number of halogens is 3. The first-order chi connectivity index (χ1) is 9.53. The third-order valence-corrected chi connectivity index (χ3v) is 3.53. The molecular formula is C14H22BF3KN2. The second-order valence-electron chi connectivity index (χ2n) is 5.02. The Bertz CT molecular complexity index is 382. The summed E-state index contributed by atoms with van der Waals surface area (Å²) in [6.07, 6.45) is 8.48. The predicted octanol–water partition coefficient (Wildman–Crippen LogP) is 1.41. The third kappa shape index (κ3) is 7.68. The number of aryl methyl sites for hydroxylation is 1. The SMILES string of the molecule is C[B]C(F)(F)c1cnn(CC)c1.F[CH-]C1CCCCC1.[K+]. The molecule has 1 aromatic heterocycles. The van der Waals surface area contributed by atoms with Crippen molar-refractivity contribution in [2.45, 2.75) is 58.2 Å². The topological polar surface area (TPSA) is 17.8 Å². The molecule has 1 saturated carbocycles. The third-order valence-electron chi connectivity index (χ3n) is 3.53. The molecule has 1 radical (unpaired) electrons. The first-order valence-corrected chi connectivity index (χ1v) is 7.18. The summed E-state index contributed by atoms with van der Waals surface area (Å²) in [5, 5.41) is 3.77. The molecule has 0 unspecified atom stereocenters. The number of rotatable bonds is 4. The average molecular weight is 325 g/mol. The predicted molar refractivity (Wildman–Crippen MR) is 75.4 cm³/mol. The molecule has 0 aliphatic heterocycles. The summed E-state index contributed by atoms with van der Waals surface area (Å²) in [6.45, 7) is 4.66. The molecule has 0 bridgehead atoms. The Hall–Kier alpha value is 0.701. The molecule has 0 amide bonds. The van der Waals surface area contributed by atoms with E-state index in [-0.39, 0.29) is 56.9 Å². The molecular weight excluding hydrogens is 303 g/mol. The number of alkyl halides is 2. The van der Waals surface area contributed by atoms with Gasteiger partial charge in [-0.25, -0.2) is 8.78 Å². The Morgan fingerprint density at radius 1 is 1.38 bits per heavy atom. The minimum absolute atomic E-state index is 0. The van der Waals surface area contributed by atoms with Crippen LogP contribution < -0.4 is 51.4 Å². The zero-order valence-electron chi connectivity index (χ0n) is 13.2. The summed E-state index contributed by atoms with van der Waals surface area (Å²) in [4.78, 5) is 0. The number of aromatic nitrogens is 2. The monoisotopic (exact) mass is 325 g/mol. The van der Waals surface area contributed by atoms with E-state index in [1.54, 1.807) is 0 Å². The van der Waals surface area contributed by atoms with Gasteiger partial charge in [-0.2, -0.15) is 11.8 Å². The molecule has 1 heterocycles. The Morgan fingerprint density at radius 2 is 2.00 bits per heavy atom. The number of hydrogen-bond acceptors (Lipinski definition) is 1. The quantitative estimate of drug-likeness (QED) is 0.605. The molecule has 1 aliphatic carbocycles. The maximum Gasteiger partial charge on any atom is 1.00 e. The van der Waals surface area contributed by atoms with E-state index < -0.39 is 5.82 Å². The molecule has 7 heteroatoms. The van der Waals surface area contributed by atoms with E-state index in [4.69, 9.17) is 0 Å². The van der Waals surface area contributed by atoms with Gasteiger partial charge in [-0.1, -0.05) is 38.9 Å². The Labute approximate surface area is 168 Å². The average Bonchev–Trinajstić information content (AvgIpc) is 2.98. The summed E-state index contributed by atoms with van der Waals surface area (Å²) in [7, 11) is 0.865. The van der Waals surface area contributed by atoms with Crippen LogP contribution >= 0.6 is 0 Å². The molecule has 1 aromatic rings. The molecule has 0 aromatic carbocycles. The number of hydrogen-bond donors (Lipinski definition) is 0. The molecule has 113 valence electrons. The molecule has 0 N–H and O–H groups in total. The van der Waals surface area contributed by atoms with Gasteiger partial charge >= 0.3 is 51.4 Å². The van der Waals surface area contributed by atoms with Crippen molar-refractivity contribution in [2.75, 3.05) is 0 Å². The van der Waals surface area contributed by atoms with E-state index in [1.807, 2.05) is 6.92 Å². The fraction of sp³-hybridized carbons (Fsp3) is 0.714. The molecule has 0 spiro atoms. The number of nitrogens with zero attached hydrogens (tertiary/aromatic N) is 2. The van der Waals surface area contributed by atoms with Gasteiger partial charge in [0.25, 0.3) is 0 Å². The van der Waals surface area contributed by atoms with Crippen LogP contribution in [0.5, 0.6) is 0 Å². The van der Waals surface area contributed by atoms with Crippen LogP contribution in [0.2, 0.25) is 6.82 Å². The van der Waals surface area contributed by atoms with E-state index in [0.29, 0.717) is 12.5 Å². The molecule has 2 rings (SSSR count). The van der Waals surface area contributed by atoms with Gasteiger partial charge in [-0.3, -0.25) is 4.68 Å². The minimum atomic E-state index is -2.85. The molecule has 0 atom stereocenters. The van der Waals surface area contributed by atoms with Gasteiger partial charge in [0.2, 0.25) is 13.1 Å². The van der Waals surface area contributed by atoms with Crippen molar-refractivity contribution in [1.29, 1.82) is 0 Å². The van der Waals surface area contributed by atoms with Crippen LogP contribution in [0.1, 0.15) is 44.6 Å². The van der Waals surface area contributed by atoms with Crippen LogP contribution in [-0.4, -0.2) is 17.1 Å². The van der Waals surface area contributed by atoms with Gasteiger partial charge in [0.1, 0.15) is 0 Å². The summed E-state index contributed by atoms with van der Waals surface area (Å²) < 4.78 is 39.1. The Balaban J connectivity index is 0.000000390. The van der Waals surface area contributed by atoms with E-state index >= 15 is 0 Å². The fourth-order valence-corrected chi connectivity index (χ4v) is 2.14. The van der Waals surface area contributed by atoms with Gasteiger partial charge in [-0.05, 0) is 6.92 Å². The molecule has 2 nitrogen and oxygen atoms in total. The summed E-state index contributed by atoms with van der Waals surface area (Å²) in [5.74, 6) is -2.56. The van der Waals surface area contributed by atoms with E-state index in [0.717, 1.165) is 26.8 Å². The smallest absolute Gasteiger partial charge is 0.459 e. The van der Waals surface area contributed by atoms with E-state index in [2.05, 4.69) is 5.10 Å². The van der Waals surface area contributed by atoms with Crippen molar-refractivity contribution >= 4 is 7.28 Å². The van der Waals surface area contributed by atoms with Crippen LogP contribution in [0.3, 0.4) is 0 Å². The Kier molecular flexibility index (Phi) is 11.6. The van der Waals surface area contributed by atoms with Crippen LogP contribution in [-0.2, 0) is 12.4 Å². The zero-order chi connectivity index (χ0) is 15.0. The second kappa shape index (κ2) is 11.3. The maximum absolute atomic E-state index is 12.9. The van der Waals surface area contributed by atoms with Gasteiger partial charge in [0.15, 0.2) is 0 Å². The first-order valence-electron chi connectivity index (χ1n) is 7.18. The van der Waals surface area contributed by atoms with Gasteiger partial charge in [-0.15, -0.1) is 5.92 Å². The second-order valence-corrected chi connectivity index (χ2v) is 5.02. The van der Waals surface area contributed by atoms with Crippen LogP contribution in [0.15, 0.2) is 12.4 Å². The van der Waals surface area contributed by atoms with Crippen molar-refractivity contribution in [1.82, 2.24) is 9.78 Å². The normalized spacial score (nSPS) is 15.7. The largest absolute Gasteiger partial charge is 1.00 e. The molecule has 0 saturated heterocycles. The van der Waals surface area contributed by atoms with Crippen molar-refractivity contribution in [2.24, 2.45) is 5.92 Å². The van der Waals surface area contributed by atoms with Crippen LogP contribution in [0.25, 0.3) is 0 Å². The van der Waals surface area contributed by atoms with Crippen molar-refractivity contribution in [3.05, 3.63) is 24.6 Å². The fourth-order valence-electron chi connectivity index (χ4n) is 2.14. The van der Waals surface area contributed by atoms with Crippen molar-refractivity contribution in [3.63, 3.8) is 0 Å². The molecule has 1 fully saturated rings. The summed E-state index contributed by atoms with van der Waals surface area (Å²) in [6, 6.07) is 0. The zero-order valence-corrected chi connectivity index (χ0v) is 16.3.